The minimum Gasteiger partial charge on any atom is -0.398 e. The van der Waals surface area contributed by atoms with Crippen molar-refractivity contribution in [1.82, 2.24) is 4.98 Å². The van der Waals surface area contributed by atoms with Crippen LogP contribution >= 0.6 is 0 Å². The molecule has 0 aliphatic carbocycles. The summed E-state index contributed by atoms with van der Waals surface area (Å²) in [4.78, 5) is 6.33. The Labute approximate surface area is 69.6 Å². The zero-order valence-electron chi connectivity index (χ0n) is 6.33. The van der Waals surface area contributed by atoms with Crippen LogP contribution in [0.2, 0.25) is 0 Å². The Morgan fingerprint density at radius 2 is 2.25 bits per heavy atom. The van der Waals surface area contributed by atoms with Crippen LogP contribution in [0.15, 0.2) is 24.4 Å². The molecule has 0 saturated heterocycles. The monoisotopic (exact) mass is 157 g/mol. The van der Waals surface area contributed by atoms with Crippen molar-refractivity contribution < 1.29 is 0 Å². The Hall–Kier alpha value is -1.95. The highest BCUT2D eigenvalue weighted by Crippen LogP contribution is 2.26. The molecule has 3 nitrogen and oxygen atoms in total. The first kappa shape index (κ1) is 6.74. The molecule has 1 aromatic heterocycles. The van der Waals surface area contributed by atoms with Gasteiger partial charge in [0, 0.05) is 11.9 Å². The number of nitrogens with zero attached hydrogens (tertiary/aromatic N) is 1. The maximum atomic E-state index is 6.83. The number of H-pyrrole nitrogens is 1. The minimum atomic E-state index is 0.583. The van der Waals surface area contributed by atoms with Gasteiger partial charge >= 0.3 is 0 Å². The first-order valence-electron chi connectivity index (χ1n) is 3.55. The molecule has 0 atom stereocenters. The maximum absolute atomic E-state index is 6.83. The van der Waals surface area contributed by atoms with E-state index in [1.807, 2.05) is 18.3 Å². The average molecular weight is 157 g/mol. The van der Waals surface area contributed by atoms with E-state index >= 15 is 0 Å². The number of anilines is 1. The molecule has 0 aliphatic rings. The smallest absolute Gasteiger partial charge is 0.190 e. The highest BCUT2D eigenvalue weighted by molar-refractivity contribution is 5.93. The van der Waals surface area contributed by atoms with Crippen LogP contribution in [-0.4, -0.2) is 4.98 Å². The van der Waals surface area contributed by atoms with E-state index in [0.29, 0.717) is 11.4 Å². The zero-order chi connectivity index (χ0) is 8.55. The maximum Gasteiger partial charge on any atom is 0.190 e. The summed E-state index contributed by atoms with van der Waals surface area (Å²) in [5, 5.41) is 0.987. The van der Waals surface area contributed by atoms with Crippen molar-refractivity contribution in [2.75, 3.05) is 5.73 Å². The van der Waals surface area contributed by atoms with Crippen molar-refractivity contribution >= 4 is 22.3 Å². The number of benzene rings is 1. The van der Waals surface area contributed by atoms with Gasteiger partial charge in [0.2, 0.25) is 0 Å². The SMILES string of the molecule is [C-]#[N+]c1cc(N)c2[nH]ccc2c1. The van der Waals surface area contributed by atoms with E-state index in [-0.39, 0.29) is 0 Å². The summed E-state index contributed by atoms with van der Waals surface area (Å²) in [7, 11) is 0. The van der Waals surface area contributed by atoms with E-state index in [9.17, 15) is 0 Å². The summed E-state index contributed by atoms with van der Waals surface area (Å²) in [5.74, 6) is 0. The molecule has 2 rings (SSSR count). The molecule has 1 heterocycles. The molecule has 12 heavy (non-hydrogen) atoms. The lowest BCUT2D eigenvalue weighted by Crippen LogP contribution is -1.84. The molecule has 1 aromatic carbocycles. The van der Waals surface area contributed by atoms with Gasteiger partial charge in [0.1, 0.15) is 0 Å². The number of hydrogen-bond donors (Lipinski definition) is 2. The van der Waals surface area contributed by atoms with E-state index in [1.165, 1.54) is 0 Å². The van der Waals surface area contributed by atoms with E-state index in [4.69, 9.17) is 12.3 Å². The van der Waals surface area contributed by atoms with Gasteiger partial charge in [0.25, 0.3) is 0 Å². The molecule has 0 spiro atoms. The Bertz CT molecular complexity index is 462. The highest BCUT2D eigenvalue weighted by atomic mass is 14.7. The number of aromatic amines is 1. The van der Waals surface area contributed by atoms with Gasteiger partial charge in [0.05, 0.1) is 12.1 Å². The van der Waals surface area contributed by atoms with Crippen LogP contribution < -0.4 is 5.73 Å². The fraction of sp³-hybridized carbons (Fsp3) is 0. The minimum absolute atomic E-state index is 0.583. The second-order valence-electron chi connectivity index (χ2n) is 2.59. The Morgan fingerprint density at radius 1 is 1.42 bits per heavy atom. The zero-order valence-corrected chi connectivity index (χ0v) is 6.33. The molecule has 3 heteroatoms. The Morgan fingerprint density at radius 3 is 3.00 bits per heavy atom. The van der Waals surface area contributed by atoms with E-state index in [0.717, 1.165) is 10.9 Å². The van der Waals surface area contributed by atoms with Gasteiger partial charge in [-0.05, 0) is 23.6 Å². The lowest BCUT2D eigenvalue weighted by Gasteiger charge is -1.96. The first-order valence-corrected chi connectivity index (χ1v) is 3.55. The van der Waals surface area contributed by atoms with Gasteiger partial charge in [-0.2, -0.15) is 0 Å². The van der Waals surface area contributed by atoms with Gasteiger partial charge in [-0.25, -0.2) is 4.85 Å². The van der Waals surface area contributed by atoms with Gasteiger partial charge in [-0.15, -0.1) is 0 Å². The van der Waals surface area contributed by atoms with Crippen molar-refractivity contribution in [1.29, 1.82) is 0 Å². The van der Waals surface area contributed by atoms with Gasteiger partial charge in [0.15, 0.2) is 5.69 Å². The Kier molecular flexibility index (Phi) is 1.28. The van der Waals surface area contributed by atoms with Crippen LogP contribution in [-0.2, 0) is 0 Å². The average Bonchev–Trinajstić information content (AvgIpc) is 2.52. The molecule has 0 radical (unpaired) electrons. The van der Waals surface area contributed by atoms with Crippen molar-refractivity contribution in [2.24, 2.45) is 0 Å². The second kappa shape index (κ2) is 2.28. The third-order valence-electron chi connectivity index (χ3n) is 1.80. The first-order chi connectivity index (χ1) is 5.81. The van der Waals surface area contributed by atoms with Crippen LogP contribution in [0.25, 0.3) is 15.7 Å². The van der Waals surface area contributed by atoms with E-state index < -0.39 is 0 Å². The quantitative estimate of drug-likeness (QED) is 0.447. The second-order valence-corrected chi connectivity index (χ2v) is 2.59. The Balaban J connectivity index is 2.86. The van der Waals surface area contributed by atoms with Gasteiger partial charge < -0.3 is 10.7 Å². The third kappa shape index (κ3) is 0.823. The van der Waals surface area contributed by atoms with E-state index in [2.05, 4.69) is 9.83 Å². The molecular weight excluding hydrogens is 150 g/mol. The molecule has 0 bridgehead atoms. The fourth-order valence-electron chi connectivity index (χ4n) is 1.25. The molecule has 3 N–H and O–H groups in total. The highest BCUT2D eigenvalue weighted by Gasteiger charge is 2.00. The van der Waals surface area contributed by atoms with Crippen molar-refractivity contribution in [3.63, 3.8) is 0 Å². The molecule has 0 aliphatic heterocycles. The normalized spacial score (nSPS) is 9.92. The number of rotatable bonds is 0. The summed E-state index contributed by atoms with van der Waals surface area (Å²) in [6, 6.07) is 5.39. The van der Waals surface area contributed by atoms with Crippen LogP contribution in [0.1, 0.15) is 0 Å². The van der Waals surface area contributed by atoms with Crippen molar-refractivity contribution in [2.45, 2.75) is 0 Å². The van der Waals surface area contributed by atoms with Crippen molar-refractivity contribution in [3.8, 4) is 0 Å². The van der Waals surface area contributed by atoms with Crippen LogP contribution in [0.4, 0.5) is 11.4 Å². The van der Waals surface area contributed by atoms with Crippen LogP contribution in [0, 0.1) is 6.57 Å². The predicted molar refractivity (Wildman–Crippen MR) is 49.0 cm³/mol. The van der Waals surface area contributed by atoms with Crippen LogP contribution in [0.3, 0.4) is 0 Å². The lowest BCUT2D eigenvalue weighted by atomic mass is 10.2. The summed E-state index contributed by atoms with van der Waals surface area (Å²) >= 11 is 0. The topological polar surface area (TPSA) is 46.2 Å². The van der Waals surface area contributed by atoms with Gasteiger partial charge in [-0.3, -0.25) is 0 Å². The number of nitrogens with two attached hydrogens (primary N) is 1. The van der Waals surface area contributed by atoms with Gasteiger partial charge in [-0.1, -0.05) is 0 Å². The summed E-state index contributed by atoms with van der Waals surface area (Å²) < 4.78 is 0. The van der Waals surface area contributed by atoms with Crippen molar-refractivity contribution in [3.05, 3.63) is 35.8 Å². The van der Waals surface area contributed by atoms with Crippen LogP contribution in [0.5, 0.6) is 0 Å². The molecular formula is C9H7N3. The number of fused-ring (bicyclic) bond motifs is 1. The molecule has 0 amide bonds. The van der Waals surface area contributed by atoms with E-state index in [1.54, 1.807) is 6.07 Å². The predicted octanol–water partition coefficient (Wildman–Crippen LogP) is 2.30. The molecule has 2 aromatic rings. The molecule has 0 fully saturated rings. The number of nitrogens with one attached hydrogen (secondary N) is 1. The number of nitrogen functional groups attached to an aromatic ring is 1. The summed E-state index contributed by atoms with van der Waals surface area (Å²) in [5.41, 5.74) is 7.82. The molecule has 0 saturated carbocycles. The largest absolute Gasteiger partial charge is 0.398 e. The lowest BCUT2D eigenvalue weighted by molar-refractivity contribution is 1.48. The standard InChI is InChI=1S/C9H7N3/c1-11-7-4-6-2-3-12-9(6)8(10)5-7/h2-5,12H,10H2. The third-order valence-corrected chi connectivity index (χ3v) is 1.80. The number of hydrogen-bond acceptors (Lipinski definition) is 1. The number of aromatic nitrogens is 1. The fourth-order valence-corrected chi connectivity index (χ4v) is 1.25. The summed E-state index contributed by atoms with van der Waals surface area (Å²) in [6.45, 7) is 6.83. The summed E-state index contributed by atoms with van der Waals surface area (Å²) in [6.07, 6.45) is 1.81. The molecule has 0 unspecified atom stereocenters. The molecule has 58 valence electrons.